The van der Waals surface area contributed by atoms with Crippen LogP contribution >= 0.6 is 0 Å². The molecule has 0 amide bonds. The van der Waals surface area contributed by atoms with Gasteiger partial charge in [0.1, 0.15) is 5.75 Å². The first-order valence-electron chi connectivity index (χ1n) is 5.55. The highest BCUT2D eigenvalue weighted by Gasteiger charge is 2.18. The summed E-state index contributed by atoms with van der Waals surface area (Å²) in [5, 5.41) is 9.11. The highest BCUT2D eigenvalue weighted by molar-refractivity contribution is 5.93. The van der Waals surface area contributed by atoms with Crippen LogP contribution in [0.2, 0.25) is 0 Å². The van der Waals surface area contributed by atoms with Gasteiger partial charge < -0.3 is 14.3 Å². The zero-order valence-electron chi connectivity index (χ0n) is 10.5. The Balaban J connectivity index is 2.74. The van der Waals surface area contributed by atoms with Gasteiger partial charge in [0.25, 0.3) is 0 Å². The first-order valence-corrected chi connectivity index (χ1v) is 5.55. The lowest BCUT2D eigenvalue weighted by atomic mass is 10.0. The zero-order valence-corrected chi connectivity index (χ0v) is 10.5. The van der Waals surface area contributed by atoms with Crippen molar-refractivity contribution >= 4 is 5.97 Å². The molecule has 0 radical (unpaired) electrons. The number of aromatic carboxylic acids is 1. The Morgan fingerprint density at radius 1 is 1.21 bits per heavy atom. The second-order valence-electron chi connectivity index (χ2n) is 4.01. The molecule has 1 N–H and O–H groups in total. The van der Waals surface area contributed by atoms with Crippen molar-refractivity contribution in [3.8, 4) is 16.9 Å². The molecular formula is C14H12O5. The molecule has 0 bridgehead atoms. The van der Waals surface area contributed by atoms with Gasteiger partial charge in [-0.05, 0) is 25.1 Å². The highest BCUT2D eigenvalue weighted by atomic mass is 16.5. The number of methoxy groups -OCH3 is 1. The number of carboxylic acids is 1. The van der Waals surface area contributed by atoms with Crippen molar-refractivity contribution in [2.45, 2.75) is 6.92 Å². The molecule has 2 rings (SSSR count). The van der Waals surface area contributed by atoms with Gasteiger partial charge in [0, 0.05) is 17.2 Å². The minimum atomic E-state index is -1.30. The molecule has 98 valence electrons. The van der Waals surface area contributed by atoms with E-state index < -0.39 is 17.4 Å². The van der Waals surface area contributed by atoms with Crippen molar-refractivity contribution in [1.29, 1.82) is 0 Å². The first-order chi connectivity index (χ1) is 9.02. The van der Waals surface area contributed by atoms with E-state index in [2.05, 4.69) is 0 Å². The number of ether oxygens (including phenoxy) is 1. The number of carboxylic acid groups (broad SMARTS) is 1. The second-order valence-corrected chi connectivity index (χ2v) is 4.01. The van der Waals surface area contributed by atoms with Gasteiger partial charge in [-0.1, -0.05) is 11.6 Å². The zero-order chi connectivity index (χ0) is 14.0. The molecule has 2 aromatic rings. The van der Waals surface area contributed by atoms with E-state index in [1.54, 1.807) is 12.1 Å². The van der Waals surface area contributed by atoms with Crippen molar-refractivity contribution in [1.82, 2.24) is 0 Å². The average Bonchev–Trinajstić information content (AvgIpc) is 2.38. The number of hydrogen-bond donors (Lipinski definition) is 1. The Hall–Kier alpha value is -2.56. The number of rotatable bonds is 3. The molecule has 0 aliphatic heterocycles. The summed E-state index contributed by atoms with van der Waals surface area (Å²) in [5.41, 5.74) is 1.13. The lowest BCUT2D eigenvalue weighted by Gasteiger charge is -2.10. The van der Waals surface area contributed by atoms with Gasteiger partial charge in [0.15, 0.2) is 0 Å². The summed E-state index contributed by atoms with van der Waals surface area (Å²) in [7, 11) is 1.49. The molecule has 5 nitrogen and oxygen atoms in total. The predicted molar refractivity (Wildman–Crippen MR) is 68.7 cm³/mol. The van der Waals surface area contributed by atoms with E-state index in [1.807, 2.05) is 13.0 Å². The Morgan fingerprint density at radius 3 is 2.58 bits per heavy atom. The standard InChI is InChI=1S/C14H12O5/c1-8-3-5-11(18-2)10(7-8)9-4-6-12(15)19-13(9)14(16)17/h3-7H,1-2H3,(H,16,17). The predicted octanol–water partition coefficient (Wildman–Crippen LogP) is 2.32. The van der Waals surface area contributed by atoms with E-state index in [0.29, 0.717) is 16.9 Å². The van der Waals surface area contributed by atoms with E-state index in [0.717, 1.165) is 5.56 Å². The van der Waals surface area contributed by atoms with Gasteiger partial charge in [-0.2, -0.15) is 0 Å². The first kappa shape index (κ1) is 12.9. The Labute approximate surface area is 109 Å². The van der Waals surface area contributed by atoms with Crippen LogP contribution in [0.3, 0.4) is 0 Å². The number of aryl methyl sites for hydroxylation is 1. The van der Waals surface area contributed by atoms with Crippen molar-refractivity contribution in [2.24, 2.45) is 0 Å². The molecule has 0 spiro atoms. The summed E-state index contributed by atoms with van der Waals surface area (Å²) in [6, 6.07) is 7.97. The smallest absolute Gasteiger partial charge is 0.372 e. The SMILES string of the molecule is COc1ccc(C)cc1-c1ccc(=O)oc1C(=O)O. The van der Waals surface area contributed by atoms with Crippen molar-refractivity contribution in [3.05, 3.63) is 52.1 Å². The van der Waals surface area contributed by atoms with E-state index >= 15 is 0 Å². The van der Waals surface area contributed by atoms with Crippen LogP contribution in [0.4, 0.5) is 0 Å². The van der Waals surface area contributed by atoms with Crippen LogP contribution < -0.4 is 10.4 Å². The third-order valence-corrected chi connectivity index (χ3v) is 2.67. The molecular weight excluding hydrogens is 248 g/mol. The minimum Gasteiger partial charge on any atom is -0.496 e. The van der Waals surface area contributed by atoms with Crippen LogP contribution in [0.25, 0.3) is 11.1 Å². The fourth-order valence-corrected chi connectivity index (χ4v) is 1.82. The van der Waals surface area contributed by atoms with Gasteiger partial charge in [0.05, 0.1) is 7.11 Å². The molecule has 0 aliphatic rings. The molecule has 0 atom stereocenters. The van der Waals surface area contributed by atoms with Crippen LogP contribution in [0, 0.1) is 6.92 Å². The average molecular weight is 260 g/mol. The van der Waals surface area contributed by atoms with Crippen LogP contribution in [0.5, 0.6) is 5.75 Å². The fraction of sp³-hybridized carbons (Fsp3) is 0.143. The van der Waals surface area contributed by atoms with Gasteiger partial charge in [-0.3, -0.25) is 0 Å². The summed E-state index contributed by atoms with van der Waals surface area (Å²) >= 11 is 0. The minimum absolute atomic E-state index is 0.313. The maximum atomic E-state index is 11.2. The van der Waals surface area contributed by atoms with Gasteiger partial charge in [0.2, 0.25) is 5.76 Å². The van der Waals surface area contributed by atoms with Gasteiger partial charge in [-0.15, -0.1) is 0 Å². The topological polar surface area (TPSA) is 76.7 Å². The molecule has 0 saturated carbocycles. The Kier molecular flexibility index (Phi) is 3.37. The third-order valence-electron chi connectivity index (χ3n) is 2.67. The van der Waals surface area contributed by atoms with E-state index in [1.165, 1.54) is 19.2 Å². The summed E-state index contributed by atoms with van der Waals surface area (Å²) in [4.78, 5) is 22.3. The van der Waals surface area contributed by atoms with E-state index in [9.17, 15) is 9.59 Å². The lowest BCUT2D eigenvalue weighted by molar-refractivity contribution is 0.0658. The summed E-state index contributed by atoms with van der Waals surface area (Å²) in [6.07, 6.45) is 0. The van der Waals surface area contributed by atoms with Crippen molar-refractivity contribution < 1.29 is 19.1 Å². The third kappa shape index (κ3) is 2.49. The van der Waals surface area contributed by atoms with Gasteiger partial charge >= 0.3 is 11.6 Å². The van der Waals surface area contributed by atoms with Crippen LogP contribution in [0.1, 0.15) is 16.1 Å². The van der Waals surface area contributed by atoms with Crippen LogP contribution in [-0.4, -0.2) is 18.2 Å². The van der Waals surface area contributed by atoms with Crippen LogP contribution in [-0.2, 0) is 0 Å². The second kappa shape index (κ2) is 4.97. The highest BCUT2D eigenvalue weighted by Crippen LogP contribution is 2.32. The molecule has 1 aromatic carbocycles. The normalized spacial score (nSPS) is 10.2. The summed E-state index contributed by atoms with van der Waals surface area (Å²) < 4.78 is 9.96. The molecule has 1 heterocycles. The Morgan fingerprint density at radius 2 is 1.95 bits per heavy atom. The molecule has 19 heavy (non-hydrogen) atoms. The van der Waals surface area contributed by atoms with E-state index in [4.69, 9.17) is 14.3 Å². The fourth-order valence-electron chi connectivity index (χ4n) is 1.82. The molecule has 0 unspecified atom stereocenters. The van der Waals surface area contributed by atoms with E-state index in [-0.39, 0.29) is 0 Å². The van der Waals surface area contributed by atoms with Crippen molar-refractivity contribution in [3.63, 3.8) is 0 Å². The number of hydrogen-bond acceptors (Lipinski definition) is 4. The largest absolute Gasteiger partial charge is 0.496 e. The monoisotopic (exact) mass is 260 g/mol. The molecule has 5 heteroatoms. The summed E-state index contributed by atoms with van der Waals surface area (Å²) in [5.74, 6) is -1.17. The maximum absolute atomic E-state index is 11.2. The van der Waals surface area contributed by atoms with Crippen LogP contribution in [0.15, 0.2) is 39.5 Å². The Bertz CT molecular complexity index is 684. The van der Waals surface area contributed by atoms with Crippen molar-refractivity contribution in [2.75, 3.05) is 7.11 Å². The van der Waals surface area contributed by atoms with Gasteiger partial charge in [-0.25, -0.2) is 9.59 Å². The molecule has 0 fully saturated rings. The lowest BCUT2D eigenvalue weighted by Crippen LogP contribution is -2.07. The number of carbonyl (C=O) groups is 1. The number of benzene rings is 1. The quantitative estimate of drug-likeness (QED) is 0.916. The molecule has 1 aromatic heterocycles. The summed E-state index contributed by atoms with van der Waals surface area (Å²) in [6.45, 7) is 1.88. The molecule has 0 aliphatic carbocycles. The maximum Gasteiger partial charge on any atom is 0.372 e. The molecule has 0 saturated heterocycles.